The molecule has 3 nitrogen and oxygen atoms in total. The van der Waals surface area contributed by atoms with Gasteiger partial charge in [0.25, 0.3) is 0 Å². The highest BCUT2D eigenvalue weighted by Crippen LogP contribution is 2.55. The lowest BCUT2D eigenvalue weighted by Crippen LogP contribution is -2.41. The molecule has 1 fully saturated rings. The molecule has 0 N–H and O–H groups in total. The molecular weight excluding hydrogens is 417 g/mol. The van der Waals surface area contributed by atoms with Crippen molar-refractivity contribution in [2.24, 2.45) is 0 Å². The molecule has 4 aromatic rings. The maximum atomic E-state index is 6.53. The molecule has 1 saturated heterocycles. The van der Waals surface area contributed by atoms with Gasteiger partial charge in [-0.3, -0.25) is 4.98 Å². The predicted molar refractivity (Wildman–Crippen MR) is 137 cm³/mol. The van der Waals surface area contributed by atoms with Gasteiger partial charge in [-0.25, -0.2) is 0 Å². The van der Waals surface area contributed by atoms with E-state index in [-0.39, 0.29) is 0 Å². The van der Waals surface area contributed by atoms with E-state index < -0.39 is 23.7 Å². The van der Waals surface area contributed by atoms with Gasteiger partial charge in [0.15, 0.2) is 0 Å². The molecule has 0 spiro atoms. The van der Waals surface area contributed by atoms with Crippen LogP contribution in [0.3, 0.4) is 0 Å². The quantitative estimate of drug-likeness (QED) is 0.332. The van der Waals surface area contributed by atoms with Crippen molar-refractivity contribution in [3.8, 4) is 11.1 Å². The predicted octanol–water partition coefficient (Wildman–Crippen LogP) is 5.74. The van der Waals surface area contributed by atoms with Crippen LogP contribution >= 0.6 is 0 Å². The third-order valence-corrected chi connectivity index (χ3v) is 7.86. The van der Waals surface area contributed by atoms with E-state index in [1.807, 2.05) is 12.3 Å². The van der Waals surface area contributed by atoms with Crippen molar-refractivity contribution in [1.82, 2.24) is 4.98 Å². The summed E-state index contributed by atoms with van der Waals surface area (Å²) in [5.74, 6) is 0. The van der Waals surface area contributed by atoms with Gasteiger partial charge < -0.3 is 9.31 Å². The van der Waals surface area contributed by atoms with Crippen molar-refractivity contribution in [3.63, 3.8) is 0 Å². The standard InChI is InChI=1S/C30H28BNO2/c1-28(2)29(3,4)34-31(33-28)25-18-12-17-24-27(25)22-15-8-9-16-23(22)30(24,21-13-6-5-7-14-21)26-19-10-11-20-32-26/h5-20H,1-4H3. The van der Waals surface area contributed by atoms with Crippen LogP contribution in [0.4, 0.5) is 0 Å². The molecule has 6 rings (SSSR count). The van der Waals surface area contributed by atoms with Gasteiger partial charge in [-0.15, -0.1) is 0 Å². The monoisotopic (exact) mass is 445 g/mol. The van der Waals surface area contributed by atoms with Gasteiger partial charge in [-0.2, -0.15) is 0 Å². The molecule has 0 bridgehead atoms. The van der Waals surface area contributed by atoms with E-state index in [0.717, 1.165) is 11.2 Å². The highest BCUT2D eigenvalue weighted by atomic mass is 16.7. The minimum absolute atomic E-state index is 0.407. The summed E-state index contributed by atoms with van der Waals surface area (Å²) < 4.78 is 13.1. The minimum Gasteiger partial charge on any atom is -0.399 e. The molecule has 3 aromatic carbocycles. The summed E-state index contributed by atoms with van der Waals surface area (Å²) in [4.78, 5) is 4.92. The second-order valence-electron chi connectivity index (χ2n) is 10.2. The smallest absolute Gasteiger partial charge is 0.399 e. The fraction of sp³-hybridized carbons (Fsp3) is 0.233. The van der Waals surface area contributed by atoms with Crippen LogP contribution in [0.2, 0.25) is 0 Å². The molecule has 1 aliphatic carbocycles. The van der Waals surface area contributed by atoms with Crippen LogP contribution < -0.4 is 5.46 Å². The minimum atomic E-state index is -0.520. The molecule has 1 aliphatic heterocycles. The Morgan fingerprint density at radius 2 is 1.29 bits per heavy atom. The Morgan fingerprint density at radius 3 is 2.00 bits per heavy atom. The van der Waals surface area contributed by atoms with E-state index in [9.17, 15) is 0 Å². The number of nitrogens with zero attached hydrogens (tertiary/aromatic N) is 1. The summed E-state index contributed by atoms with van der Waals surface area (Å²) in [6.45, 7) is 8.41. The second-order valence-corrected chi connectivity index (χ2v) is 10.2. The molecule has 4 heteroatoms. The maximum Gasteiger partial charge on any atom is 0.495 e. The van der Waals surface area contributed by atoms with E-state index in [0.29, 0.717) is 0 Å². The number of rotatable bonds is 3. The van der Waals surface area contributed by atoms with E-state index in [1.165, 1.54) is 27.8 Å². The van der Waals surface area contributed by atoms with Crippen molar-refractivity contribution < 1.29 is 9.31 Å². The highest BCUT2D eigenvalue weighted by molar-refractivity contribution is 6.64. The van der Waals surface area contributed by atoms with Gasteiger partial charge in [0.05, 0.1) is 22.3 Å². The molecule has 34 heavy (non-hydrogen) atoms. The van der Waals surface area contributed by atoms with Crippen molar-refractivity contribution >= 4 is 12.6 Å². The summed E-state index contributed by atoms with van der Waals surface area (Å²) in [6, 6.07) is 32.1. The molecule has 1 unspecified atom stereocenters. The van der Waals surface area contributed by atoms with Gasteiger partial charge >= 0.3 is 7.12 Å². The first-order valence-corrected chi connectivity index (χ1v) is 11.9. The first-order valence-electron chi connectivity index (χ1n) is 11.9. The SMILES string of the molecule is CC1(C)OB(c2cccc3c2-c2ccccc2C3(c2ccccc2)c2ccccn2)OC1(C)C. The number of hydrogen-bond donors (Lipinski definition) is 0. The lowest BCUT2D eigenvalue weighted by atomic mass is 9.68. The largest absolute Gasteiger partial charge is 0.495 e. The maximum absolute atomic E-state index is 6.53. The summed E-state index contributed by atoms with van der Waals surface area (Å²) in [6.07, 6.45) is 1.89. The van der Waals surface area contributed by atoms with Gasteiger partial charge in [-0.1, -0.05) is 78.9 Å². The molecule has 0 radical (unpaired) electrons. The topological polar surface area (TPSA) is 31.4 Å². The third kappa shape index (κ3) is 2.82. The second kappa shape index (κ2) is 7.40. The molecular formula is C30H28BNO2. The van der Waals surface area contributed by atoms with Crippen molar-refractivity contribution in [2.75, 3.05) is 0 Å². The Hall–Kier alpha value is -3.21. The fourth-order valence-corrected chi connectivity index (χ4v) is 5.53. The summed E-state index contributed by atoms with van der Waals surface area (Å²) >= 11 is 0. The van der Waals surface area contributed by atoms with Crippen LogP contribution in [0.1, 0.15) is 50.1 Å². The molecule has 2 heterocycles. The number of benzene rings is 3. The lowest BCUT2D eigenvalue weighted by molar-refractivity contribution is 0.00578. The molecule has 0 amide bonds. The third-order valence-electron chi connectivity index (χ3n) is 7.86. The van der Waals surface area contributed by atoms with E-state index in [1.54, 1.807) is 0 Å². The van der Waals surface area contributed by atoms with Crippen LogP contribution in [0.5, 0.6) is 0 Å². The van der Waals surface area contributed by atoms with Crippen LogP contribution in [-0.4, -0.2) is 23.3 Å². The normalized spacial score (nSPS) is 21.8. The van der Waals surface area contributed by atoms with E-state index >= 15 is 0 Å². The number of fused-ring (bicyclic) bond motifs is 3. The van der Waals surface area contributed by atoms with Gasteiger partial charge in [0, 0.05) is 6.20 Å². The zero-order valence-corrected chi connectivity index (χ0v) is 20.1. The van der Waals surface area contributed by atoms with Gasteiger partial charge in [0.1, 0.15) is 0 Å². The summed E-state index contributed by atoms with van der Waals surface area (Å²) in [5, 5.41) is 0. The Labute approximate surface area is 201 Å². The molecule has 1 atom stereocenters. The highest BCUT2D eigenvalue weighted by Gasteiger charge is 2.54. The van der Waals surface area contributed by atoms with Crippen molar-refractivity contribution in [2.45, 2.75) is 44.3 Å². The number of aromatic nitrogens is 1. The van der Waals surface area contributed by atoms with Crippen LogP contribution in [0, 0.1) is 0 Å². The van der Waals surface area contributed by atoms with E-state index in [2.05, 4.69) is 113 Å². The number of pyridine rings is 1. The van der Waals surface area contributed by atoms with Gasteiger partial charge in [-0.05, 0) is 73.1 Å². The average Bonchev–Trinajstić information content (AvgIpc) is 3.27. The zero-order chi connectivity index (χ0) is 23.6. The zero-order valence-electron chi connectivity index (χ0n) is 20.1. The summed E-state index contributed by atoms with van der Waals surface area (Å²) in [5.41, 5.74) is 6.79. The molecule has 168 valence electrons. The fourth-order valence-electron chi connectivity index (χ4n) is 5.53. The van der Waals surface area contributed by atoms with Gasteiger partial charge in [0.2, 0.25) is 0 Å². The first-order chi connectivity index (χ1) is 16.4. The van der Waals surface area contributed by atoms with Crippen LogP contribution in [-0.2, 0) is 14.7 Å². The van der Waals surface area contributed by atoms with Crippen LogP contribution in [0.25, 0.3) is 11.1 Å². The first kappa shape index (κ1) is 21.3. The van der Waals surface area contributed by atoms with Crippen molar-refractivity contribution in [3.05, 3.63) is 120 Å². The lowest BCUT2D eigenvalue weighted by Gasteiger charge is -2.32. The summed E-state index contributed by atoms with van der Waals surface area (Å²) in [7, 11) is -0.441. The Morgan fingerprint density at radius 1 is 0.647 bits per heavy atom. The molecule has 2 aliphatic rings. The Bertz CT molecular complexity index is 1310. The van der Waals surface area contributed by atoms with E-state index in [4.69, 9.17) is 14.3 Å². The molecule has 0 saturated carbocycles. The van der Waals surface area contributed by atoms with Crippen molar-refractivity contribution in [1.29, 1.82) is 0 Å². The Kier molecular flexibility index (Phi) is 4.64. The number of hydrogen-bond acceptors (Lipinski definition) is 3. The van der Waals surface area contributed by atoms with Crippen LogP contribution in [0.15, 0.2) is 97.2 Å². The molecule has 1 aromatic heterocycles. The Balaban J connectivity index is 1.68. The average molecular weight is 445 g/mol.